The number of carbonyl (C=O) groups excluding carboxylic acids is 2. The summed E-state index contributed by atoms with van der Waals surface area (Å²) in [4.78, 5) is 26.5. The molecule has 0 spiro atoms. The number of allylic oxidation sites excluding steroid dienone is 2. The van der Waals surface area contributed by atoms with Gasteiger partial charge in [-0.25, -0.2) is 0 Å². The lowest BCUT2D eigenvalue weighted by Gasteiger charge is -2.58. The first-order valence-electron chi connectivity index (χ1n) is 36.3. The summed E-state index contributed by atoms with van der Waals surface area (Å²) >= 11 is 11.9. The molecule has 6 saturated carbocycles. The van der Waals surface area contributed by atoms with E-state index in [9.17, 15) is 9.59 Å². The number of hydrogen-bond donors (Lipinski definition) is 0. The first kappa shape index (κ1) is 68.6. The van der Waals surface area contributed by atoms with Crippen LogP contribution in [0.1, 0.15) is 288 Å². The average molecular weight is 1290 g/mol. The van der Waals surface area contributed by atoms with Crippen molar-refractivity contribution in [3.8, 4) is 0 Å². The summed E-state index contributed by atoms with van der Waals surface area (Å²) in [6, 6.07) is 0. The topological polar surface area (TPSA) is 52.6 Å². The van der Waals surface area contributed by atoms with E-state index in [1.54, 1.807) is 11.1 Å². The lowest BCUT2D eigenvalue weighted by atomic mass is 9.47. The molecule has 10 aliphatic rings. The van der Waals surface area contributed by atoms with Crippen LogP contribution in [-0.4, -0.2) is 35.7 Å². The molecule has 0 amide bonds. The number of hydrogen-bond acceptors (Lipinski definition) is 10. The summed E-state index contributed by atoms with van der Waals surface area (Å²) in [5.74, 6) is 12.7. The lowest BCUT2D eigenvalue weighted by Crippen LogP contribution is -2.51. The Labute approximate surface area is 552 Å². The SMILES string of the molecule is CC(C)CCC[C@@H](C)[C@H]1CC[C@H]2[C@@H]3CC=C4CC(OC(=O)CCCCCCCSC5=C(SCCCCCCCC(=O)OC6CC[C@@]7(C)C(=CC[C@H]8[C@@H]9CC[C@H]([C@H](C)CCCC(C)C)[C@@]9(C)CC[C@@H]87)C6)SC(=C6SC=CS6)S5)CC[C@]4(C)[C@H]3CC[C@]12C. The second kappa shape index (κ2) is 31.3. The van der Waals surface area contributed by atoms with Gasteiger partial charge < -0.3 is 9.47 Å². The van der Waals surface area contributed by atoms with Crippen LogP contribution in [0.25, 0.3) is 0 Å². The van der Waals surface area contributed by atoms with E-state index in [0.717, 1.165) is 134 Å². The third-order valence-electron chi connectivity index (χ3n) is 25.7. The van der Waals surface area contributed by atoms with Crippen LogP contribution in [0.3, 0.4) is 0 Å². The molecule has 10 rings (SSSR count). The number of unbranched alkanes of at least 4 members (excludes halogenated alkanes) is 8. The molecule has 0 radical (unpaired) electrons. The molecular weight excluding hydrogens is 1170 g/mol. The summed E-state index contributed by atoms with van der Waals surface area (Å²) in [5, 5.41) is 4.44. The fourth-order valence-electron chi connectivity index (χ4n) is 21.0. The second-order valence-electron chi connectivity index (χ2n) is 31.9. The highest BCUT2D eigenvalue weighted by Gasteiger charge is 2.61. The average Bonchev–Trinajstić information content (AvgIpc) is 1.35. The Kier molecular flexibility index (Phi) is 25.0. The zero-order valence-electron chi connectivity index (χ0n) is 55.9. The van der Waals surface area contributed by atoms with Gasteiger partial charge >= 0.3 is 11.9 Å². The van der Waals surface area contributed by atoms with Crippen LogP contribution in [0, 0.1) is 92.7 Å². The van der Waals surface area contributed by atoms with Gasteiger partial charge in [0.25, 0.3) is 0 Å². The maximum absolute atomic E-state index is 13.2. The van der Waals surface area contributed by atoms with E-state index in [1.807, 2.05) is 47.0 Å². The Morgan fingerprint density at radius 2 is 0.907 bits per heavy atom. The summed E-state index contributed by atoms with van der Waals surface area (Å²) in [5.41, 5.74) is 4.92. The Hall–Kier alpha value is -0.260. The van der Waals surface area contributed by atoms with Gasteiger partial charge in [0.05, 0.1) is 16.9 Å². The van der Waals surface area contributed by atoms with Crippen molar-refractivity contribution in [1.82, 2.24) is 0 Å². The number of thioether (sulfide) groups is 6. The Morgan fingerprint density at radius 1 is 0.488 bits per heavy atom. The van der Waals surface area contributed by atoms with Crippen molar-refractivity contribution in [2.45, 2.75) is 300 Å². The molecule has 2 heterocycles. The predicted molar refractivity (Wildman–Crippen MR) is 380 cm³/mol. The van der Waals surface area contributed by atoms with E-state index in [-0.39, 0.29) is 24.1 Å². The zero-order chi connectivity index (χ0) is 60.6. The first-order valence-corrected chi connectivity index (χ1v) is 41.6. The predicted octanol–water partition coefficient (Wildman–Crippen LogP) is 24.7. The summed E-state index contributed by atoms with van der Waals surface area (Å²) in [6.45, 7) is 25.4. The molecule has 6 fully saturated rings. The van der Waals surface area contributed by atoms with Crippen molar-refractivity contribution in [2.75, 3.05) is 11.5 Å². The highest BCUT2D eigenvalue weighted by atomic mass is 32.3. The minimum atomic E-state index is 0.0388. The molecule has 16 atom stereocenters. The third kappa shape index (κ3) is 16.1. The van der Waals surface area contributed by atoms with Crippen LogP contribution >= 0.6 is 70.6 Å². The molecule has 2 aliphatic heterocycles. The smallest absolute Gasteiger partial charge is 0.306 e. The van der Waals surface area contributed by atoms with Gasteiger partial charge in [0, 0.05) is 25.7 Å². The van der Waals surface area contributed by atoms with E-state index in [1.165, 1.54) is 171 Å². The molecule has 0 bridgehead atoms. The summed E-state index contributed by atoms with van der Waals surface area (Å²) < 4.78 is 18.4. The minimum Gasteiger partial charge on any atom is -0.462 e. The molecule has 0 N–H and O–H groups in total. The van der Waals surface area contributed by atoms with E-state index >= 15 is 0 Å². The minimum absolute atomic E-state index is 0.0388. The van der Waals surface area contributed by atoms with Crippen molar-refractivity contribution in [2.24, 2.45) is 92.7 Å². The molecular formula is C76H120O4S6. The van der Waals surface area contributed by atoms with E-state index < -0.39 is 0 Å². The normalized spacial score (nSPS) is 36.3. The Balaban J connectivity index is 0.572. The standard InChI is InChI=1S/C76H120O4S6/c1-51(2)23-21-25-53(5)61-33-35-63-59-31-29-55-49-57(37-41-73(55,7)65(59)39-43-75(61,63)9)79-67(77)27-17-13-11-15-19-45-81-70-71(86-72(85-70)69-83-47-48-84-69)82-46-20-16-12-14-18-28-68(78)80-58-38-42-74(8)56(50-58)30-32-60-64-36-34-62(54(6)26-22-24-52(3)4)76(64,10)44-40-66(60)74/h29-30,47-48,51-54,57-66H,11-28,31-46,49-50H2,1-10H3/t53-,54-,57?,58?,59+,60+,61-,62-,63+,64+,65+,66+,73+,74+,75-,76-/m1/s1. The maximum atomic E-state index is 13.2. The quantitative estimate of drug-likeness (QED) is 0.0395. The van der Waals surface area contributed by atoms with Gasteiger partial charge in [0.2, 0.25) is 0 Å². The van der Waals surface area contributed by atoms with E-state index in [2.05, 4.69) is 116 Å². The van der Waals surface area contributed by atoms with Crippen molar-refractivity contribution >= 4 is 82.5 Å². The number of ether oxygens (including phenoxy) is 2. The molecule has 0 saturated heterocycles. The number of fused-ring (bicyclic) bond motifs is 10. The van der Waals surface area contributed by atoms with Crippen LogP contribution in [0.15, 0.2) is 51.1 Å². The van der Waals surface area contributed by atoms with Gasteiger partial charge in [0.1, 0.15) is 12.2 Å². The highest BCUT2D eigenvalue weighted by Crippen LogP contribution is 2.70. The fraction of sp³-hybridized carbons (Fsp3) is 0.842. The molecule has 2 unspecified atom stereocenters. The molecule has 0 aromatic carbocycles. The number of rotatable bonds is 30. The van der Waals surface area contributed by atoms with Gasteiger partial charge in [0.15, 0.2) is 0 Å². The van der Waals surface area contributed by atoms with Crippen LogP contribution < -0.4 is 0 Å². The molecule has 8 aliphatic carbocycles. The van der Waals surface area contributed by atoms with Gasteiger partial charge in [-0.3, -0.25) is 9.59 Å². The Morgan fingerprint density at radius 3 is 1.34 bits per heavy atom. The number of carbonyl (C=O) groups is 2. The van der Waals surface area contributed by atoms with Crippen LogP contribution in [0.4, 0.5) is 0 Å². The van der Waals surface area contributed by atoms with Gasteiger partial charge in [-0.1, -0.05) is 217 Å². The largest absolute Gasteiger partial charge is 0.462 e. The summed E-state index contributed by atoms with van der Waals surface area (Å²) in [6.07, 6.45) is 46.8. The third-order valence-corrected chi connectivity index (χ3v) is 34.1. The number of esters is 2. The van der Waals surface area contributed by atoms with Gasteiger partial charge in [-0.15, -0.1) is 23.5 Å². The van der Waals surface area contributed by atoms with Gasteiger partial charge in [-0.05, 0) is 231 Å². The molecule has 86 heavy (non-hydrogen) atoms. The van der Waals surface area contributed by atoms with Crippen molar-refractivity contribution in [1.29, 1.82) is 0 Å². The molecule has 4 nitrogen and oxygen atoms in total. The highest BCUT2D eigenvalue weighted by molar-refractivity contribution is 8.42. The van der Waals surface area contributed by atoms with Crippen LogP contribution in [0.2, 0.25) is 0 Å². The van der Waals surface area contributed by atoms with Gasteiger partial charge in [-0.2, -0.15) is 0 Å². The van der Waals surface area contributed by atoms with Crippen molar-refractivity contribution in [3.05, 3.63) is 51.1 Å². The fourth-order valence-corrected chi connectivity index (χ4v) is 29.1. The van der Waals surface area contributed by atoms with Crippen LogP contribution in [0.5, 0.6) is 0 Å². The van der Waals surface area contributed by atoms with E-state index in [0.29, 0.717) is 34.5 Å². The zero-order valence-corrected chi connectivity index (χ0v) is 60.8. The second-order valence-corrected chi connectivity index (χ2v) is 39.0. The molecule has 484 valence electrons. The first-order chi connectivity index (χ1) is 41.4. The molecule has 0 aromatic heterocycles. The van der Waals surface area contributed by atoms with Crippen molar-refractivity contribution < 1.29 is 19.1 Å². The molecule has 10 heteroatoms. The molecule has 0 aromatic rings. The monoisotopic (exact) mass is 1290 g/mol. The maximum Gasteiger partial charge on any atom is 0.306 e. The Bertz CT molecular complexity index is 2280. The van der Waals surface area contributed by atoms with Crippen molar-refractivity contribution in [3.63, 3.8) is 0 Å². The lowest BCUT2D eigenvalue weighted by molar-refractivity contribution is -0.152. The van der Waals surface area contributed by atoms with Crippen LogP contribution in [-0.2, 0) is 19.1 Å². The van der Waals surface area contributed by atoms with E-state index in [4.69, 9.17) is 9.47 Å². The summed E-state index contributed by atoms with van der Waals surface area (Å²) in [7, 11) is 0.